The number of carbonyl (C=O) groups excluding carboxylic acids is 1. The Kier molecular flexibility index (Phi) is 4.31. The van der Waals surface area contributed by atoms with E-state index in [1.165, 1.54) is 0 Å². The minimum absolute atomic E-state index is 0. The lowest BCUT2D eigenvalue weighted by molar-refractivity contribution is 0.101. The van der Waals surface area contributed by atoms with Crippen molar-refractivity contribution in [3.05, 3.63) is 35.2 Å². The van der Waals surface area contributed by atoms with Gasteiger partial charge < -0.3 is 0 Å². The van der Waals surface area contributed by atoms with E-state index in [1.807, 2.05) is 0 Å². The summed E-state index contributed by atoms with van der Waals surface area (Å²) >= 11 is 8.94. The number of nitrogens with zero attached hydrogens (tertiary/aromatic N) is 2. The fourth-order valence-electron chi connectivity index (χ4n) is 1.23. The molecule has 0 aromatic carbocycles. The number of imidazole rings is 1. The molecule has 0 saturated heterocycles. The van der Waals surface area contributed by atoms with E-state index in [-0.39, 0.29) is 28.1 Å². The van der Waals surface area contributed by atoms with Crippen molar-refractivity contribution in [3.63, 3.8) is 0 Å². The molecule has 0 fully saturated rings. The summed E-state index contributed by atoms with van der Waals surface area (Å²) in [5.41, 5.74) is 1.26. The van der Waals surface area contributed by atoms with Crippen LogP contribution >= 0.6 is 44.5 Å². The van der Waals surface area contributed by atoms with E-state index in [0.29, 0.717) is 10.7 Å². The SMILES string of the molecule is Br.O=C(CBr)c1cnc2ccc(Cl)cn12. The minimum Gasteiger partial charge on any atom is -0.296 e. The van der Waals surface area contributed by atoms with Crippen LogP contribution in [0.4, 0.5) is 0 Å². The Hall–Kier alpha value is -0.390. The summed E-state index contributed by atoms with van der Waals surface area (Å²) in [7, 11) is 0. The van der Waals surface area contributed by atoms with Gasteiger partial charge in [-0.05, 0) is 12.1 Å². The molecule has 0 atom stereocenters. The third-order valence-electron chi connectivity index (χ3n) is 1.88. The summed E-state index contributed by atoms with van der Waals surface area (Å²) in [6.07, 6.45) is 3.23. The van der Waals surface area contributed by atoms with Crippen molar-refractivity contribution in [2.45, 2.75) is 0 Å². The number of hydrogen-bond acceptors (Lipinski definition) is 2. The van der Waals surface area contributed by atoms with Crippen molar-refractivity contribution in [2.75, 3.05) is 5.33 Å². The average Bonchev–Trinajstić information content (AvgIpc) is 2.59. The maximum Gasteiger partial charge on any atom is 0.191 e. The highest BCUT2D eigenvalue weighted by molar-refractivity contribution is 9.09. The topological polar surface area (TPSA) is 34.4 Å². The quantitative estimate of drug-likeness (QED) is 0.613. The van der Waals surface area contributed by atoms with Crippen molar-refractivity contribution in [2.24, 2.45) is 0 Å². The van der Waals surface area contributed by atoms with Crippen molar-refractivity contribution in [1.82, 2.24) is 9.38 Å². The highest BCUT2D eigenvalue weighted by atomic mass is 79.9. The Labute approximate surface area is 110 Å². The molecule has 0 saturated carbocycles. The van der Waals surface area contributed by atoms with Crippen LogP contribution in [0.25, 0.3) is 5.65 Å². The minimum atomic E-state index is -0.0141. The first kappa shape index (κ1) is 12.7. The van der Waals surface area contributed by atoms with Crippen molar-refractivity contribution in [1.29, 1.82) is 0 Å². The van der Waals surface area contributed by atoms with Crippen LogP contribution in [0.15, 0.2) is 24.5 Å². The lowest BCUT2D eigenvalue weighted by Crippen LogP contribution is -2.03. The monoisotopic (exact) mass is 352 g/mol. The number of alkyl halides is 1. The summed E-state index contributed by atoms with van der Waals surface area (Å²) in [4.78, 5) is 15.5. The summed E-state index contributed by atoms with van der Waals surface area (Å²) in [6, 6.07) is 3.51. The van der Waals surface area contributed by atoms with E-state index in [2.05, 4.69) is 20.9 Å². The lowest BCUT2D eigenvalue weighted by Gasteiger charge is -1.98. The van der Waals surface area contributed by atoms with Crippen LogP contribution in [-0.2, 0) is 0 Å². The van der Waals surface area contributed by atoms with Crippen molar-refractivity contribution in [3.8, 4) is 0 Å². The maximum absolute atomic E-state index is 11.4. The van der Waals surface area contributed by atoms with E-state index in [0.717, 1.165) is 5.65 Å². The van der Waals surface area contributed by atoms with Gasteiger partial charge in [0, 0.05) is 6.20 Å². The van der Waals surface area contributed by atoms with Gasteiger partial charge in [0.2, 0.25) is 0 Å². The number of carbonyl (C=O) groups is 1. The Morgan fingerprint density at radius 1 is 1.53 bits per heavy atom. The molecule has 2 aromatic rings. The molecule has 0 unspecified atom stereocenters. The van der Waals surface area contributed by atoms with Gasteiger partial charge in [0.05, 0.1) is 16.5 Å². The molecule has 2 heterocycles. The van der Waals surface area contributed by atoms with Crippen LogP contribution in [0.2, 0.25) is 5.02 Å². The Bertz CT molecular complexity index is 498. The highest BCUT2D eigenvalue weighted by Crippen LogP contribution is 2.13. The molecule has 0 amide bonds. The molecule has 2 aromatic heterocycles. The van der Waals surface area contributed by atoms with E-state index in [9.17, 15) is 4.79 Å². The van der Waals surface area contributed by atoms with Crippen LogP contribution in [0.3, 0.4) is 0 Å². The summed E-state index contributed by atoms with van der Waals surface area (Å²) in [6.45, 7) is 0. The second-order valence-corrected chi connectivity index (χ2v) is 3.77. The zero-order valence-electron chi connectivity index (χ0n) is 7.48. The Morgan fingerprint density at radius 3 is 2.93 bits per heavy atom. The number of Topliss-reactive ketones (excluding diaryl/α,β-unsaturated/α-hetero) is 1. The second-order valence-electron chi connectivity index (χ2n) is 2.78. The Balaban J connectivity index is 0.00000112. The van der Waals surface area contributed by atoms with E-state index >= 15 is 0 Å². The normalized spacial score (nSPS) is 10.0. The largest absolute Gasteiger partial charge is 0.296 e. The third-order valence-corrected chi connectivity index (χ3v) is 2.61. The molecule has 0 N–H and O–H groups in total. The molecule has 0 bridgehead atoms. The summed E-state index contributed by atoms with van der Waals surface area (Å²) < 4.78 is 1.69. The van der Waals surface area contributed by atoms with E-state index < -0.39 is 0 Å². The first-order valence-corrected chi connectivity index (χ1v) is 5.44. The molecule has 0 aliphatic carbocycles. The number of ketones is 1. The molecule has 80 valence electrons. The van der Waals surface area contributed by atoms with E-state index in [1.54, 1.807) is 28.9 Å². The average molecular weight is 354 g/mol. The highest BCUT2D eigenvalue weighted by Gasteiger charge is 2.10. The molecular formula is C9H7Br2ClN2O. The van der Waals surface area contributed by atoms with Gasteiger partial charge in [0.25, 0.3) is 0 Å². The van der Waals surface area contributed by atoms with Crippen molar-refractivity contribution >= 4 is 55.9 Å². The van der Waals surface area contributed by atoms with Gasteiger partial charge in [-0.2, -0.15) is 0 Å². The number of fused-ring (bicyclic) bond motifs is 1. The zero-order chi connectivity index (χ0) is 10.1. The van der Waals surface area contributed by atoms with E-state index in [4.69, 9.17) is 11.6 Å². The Morgan fingerprint density at radius 2 is 2.27 bits per heavy atom. The van der Waals surface area contributed by atoms with Crippen LogP contribution in [-0.4, -0.2) is 20.5 Å². The predicted molar refractivity (Wildman–Crippen MR) is 68.6 cm³/mol. The zero-order valence-corrected chi connectivity index (χ0v) is 11.5. The number of hydrogen-bond donors (Lipinski definition) is 0. The van der Waals surface area contributed by atoms with Crippen LogP contribution < -0.4 is 0 Å². The molecule has 15 heavy (non-hydrogen) atoms. The molecule has 2 rings (SSSR count). The number of pyridine rings is 1. The number of rotatable bonds is 2. The predicted octanol–water partition coefficient (Wildman–Crippen LogP) is 3.14. The van der Waals surface area contributed by atoms with Crippen LogP contribution in [0.1, 0.15) is 10.5 Å². The molecule has 0 spiro atoms. The smallest absolute Gasteiger partial charge is 0.191 e. The number of halogens is 3. The maximum atomic E-state index is 11.4. The van der Waals surface area contributed by atoms with Gasteiger partial charge in [-0.3, -0.25) is 9.20 Å². The van der Waals surface area contributed by atoms with Gasteiger partial charge in [0.15, 0.2) is 5.78 Å². The van der Waals surface area contributed by atoms with Crippen LogP contribution in [0.5, 0.6) is 0 Å². The molecule has 0 aliphatic rings. The molecule has 0 aliphatic heterocycles. The first-order chi connectivity index (χ1) is 6.72. The second kappa shape index (κ2) is 5.09. The molecule has 6 heteroatoms. The summed E-state index contributed by atoms with van der Waals surface area (Å²) in [5, 5.41) is 0.868. The lowest BCUT2D eigenvalue weighted by atomic mass is 10.3. The fraction of sp³-hybridized carbons (Fsp3) is 0.111. The van der Waals surface area contributed by atoms with Gasteiger partial charge >= 0.3 is 0 Å². The van der Waals surface area contributed by atoms with Gasteiger partial charge in [-0.15, -0.1) is 17.0 Å². The van der Waals surface area contributed by atoms with Crippen LogP contribution in [0, 0.1) is 0 Å². The first-order valence-electron chi connectivity index (χ1n) is 3.94. The summed E-state index contributed by atoms with van der Waals surface area (Å²) in [5.74, 6) is -0.0141. The molecule has 3 nitrogen and oxygen atoms in total. The standard InChI is InChI=1S/C9H6BrClN2O.BrH/c10-3-8(14)7-4-12-9-2-1-6(11)5-13(7)9;/h1-2,4-5H,3H2;1H. The van der Waals surface area contributed by atoms with Gasteiger partial charge in [-0.1, -0.05) is 27.5 Å². The third kappa shape index (κ3) is 2.41. The number of aromatic nitrogens is 2. The molecule has 0 radical (unpaired) electrons. The van der Waals surface area contributed by atoms with Crippen molar-refractivity contribution < 1.29 is 4.79 Å². The van der Waals surface area contributed by atoms with Gasteiger partial charge in [0.1, 0.15) is 11.3 Å². The van der Waals surface area contributed by atoms with Gasteiger partial charge in [-0.25, -0.2) is 4.98 Å². The molecular weight excluding hydrogens is 347 g/mol. The fourth-order valence-corrected chi connectivity index (χ4v) is 1.68.